The van der Waals surface area contributed by atoms with Gasteiger partial charge >= 0.3 is 0 Å². The zero-order chi connectivity index (χ0) is 20.2. The molecule has 0 aliphatic rings. The van der Waals surface area contributed by atoms with E-state index in [0.29, 0.717) is 23.3 Å². The van der Waals surface area contributed by atoms with Gasteiger partial charge in [-0.05, 0) is 17.2 Å². The van der Waals surface area contributed by atoms with Gasteiger partial charge < -0.3 is 5.32 Å². The highest BCUT2D eigenvalue weighted by atomic mass is 35.5. The number of aromatic nitrogens is 2. The molecule has 3 aromatic carbocycles. The molecule has 0 saturated carbocycles. The quantitative estimate of drug-likeness (QED) is 0.342. The lowest BCUT2D eigenvalue weighted by Gasteiger charge is -2.19. The molecule has 0 aliphatic heterocycles. The first-order valence-corrected chi connectivity index (χ1v) is 9.43. The Morgan fingerprint density at radius 1 is 0.966 bits per heavy atom. The Balaban J connectivity index is 1.70. The summed E-state index contributed by atoms with van der Waals surface area (Å²) >= 11 is 6.02. The minimum Gasteiger partial charge on any atom is -0.369 e. The van der Waals surface area contributed by atoms with Crippen LogP contribution in [0.2, 0.25) is 5.02 Å². The van der Waals surface area contributed by atoms with Crippen LogP contribution in [0.5, 0.6) is 0 Å². The molecular formula is C22H17ClN4O2. The molecule has 29 heavy (non-hydrogen) atoms. The van der Waals surface area contributed by atoms with E-state index in [-0.39, 0.29) is 16.6 Å². The number of nitro benzene ring substituents is 1. The highest BCUT2D eigenvalue weighted by molar-refractivity contribution is 6.33. The molecule has 0 atom stereocenters. The summed E-state index contributed by atoms with van der Waals surface area (Å²) in [6.45, 7) is 0.566. The molecule has 0 fully saturated rings. The Hall–Kier alpha value is -3.51. The van der Waals surface area contributed by atoms with Crippen LogP contribution in [0.4, 0.5) is 11.5 Å². The Bertz CT molecular complexity index is 1110. The molecule has 0 radical (unpaired) electrons. The van der Waals surface area contributed by atoms with Gasteiger partial charge in [-0.25, -0.2) is 9.97 Å². The third-order valence-corrected chi connectivity index (χ3v) is 5.08. The molecule has 1 N–H and O–H groups in total. The van der Waals surface area contributed by atoms with Gasteiger partial charge in [0.05, 0.1) is 10.4 Å². The number of nitrogens with one attached hydrogen (secondary N) is 1. The summed E-state index contributed by atoms with van der Waals surface area (Å²) in [4.78, 5) is 19.3. The van der Waals surface area contributed by atoms with E-state index in [1.54, 1.807) is 0 Å². The number of anilines is 1. The van der Waals surface area contributed by atoms with Gasteiger partial charge in [0.1, 0.15) is 17.2 Å². The van der Waals surface area contributed by atoms with E-state index in [1.165, 1.54) is 29.6 Å². The fourth-order valence-electron chi connectivity index (χ4n) is 3.34. The molecule has 6 nitrogen and oxygen atoms in total. The number of halogens is 1. The van der Waals surface area contributed by atoms with Crippen LogP contribution >= 0.6 is 11.6 Å². The highest BCUT2D eigenvalue weighted by Crippen LogP contribution is 2.32. The van der Waals surface area contributed by atoms with Crippen molar-refractivity contribution in [2.24, 2.45) is 0 Å². The molecule has 0 unspecified atom stereocenters. The molecule has 0 bridgehead atoms. The van der Waals surface area contributed by atoms with Crippen LogP contribution in [0.15, 0.2) is 79.1 Å². The van der Waals surface area contributed by atoms with Gasteiger partial charge in [-0.3, -0.25) is 10.1 Å². The first kappa shape index (κ1) is 18.8. The summed E-state index contributed by atoms with van der Waals surface area (Å²) in [7, 11) is 0. The predicted octanol–water partition coefficient (Wildman–Crippen LogP) is 5.44. The number of hydrogen-bond donors (Lipinski definition) is 1. The first-order chi connectivity index (χ1) is 14.1. The minimum atomic E-state index is -0.505. The van der Waals surface area contributed by atoms with Crippen LogP contribution in [-0.2, 0) is 0 Å². The van der Waals surface area contributed by atoms with Gasteiger partial charge in [0, 0.05) is 23.9 Å². The van der Waals surface area contributed by atoms with E-state index in [4.69, 9.17) is 11.6 Å². The summed E-state index contributed by atoms with van der Waals surface area (Å²) in [5, 5.41) is 15.2. The fourth-order valence-corrected chi connectivity index (χ4v) is 3.57. The molecule has 4 rings (SSSR count). The minimum absolute atomic E-state index is 0.0543. The van der Waals surface area contributed by atoms with Crippen molar-refractivity contribution in [3.05, 3.63) is 105 Å². The van der Waals surface area contributed by atoms with Crippen molar-refractivity contribution in [2.75, 3.05) is 11.9 Å². The average Bonchev–Trinajstić information content (AvgIpc) is 2.75. The summed E-state index contributed by atoms with van der Waals surface area (Å²) < 4.78 is 0. The Labute approximate surface area is 172 Å². The normalized spacial score (nSPS) is 11.0. The second-order valence-electron chi connectivity index (χ2n) is 6.56. The SMILES string of the molecule is O=[N+]([O-])c1cc2c(NCC(c3ccccc3)c3ccccc3)ncnc2cc1Cl. The fraction of sp³-hybridized carbons (Fsp3) is 0.0909. The van der Waals surface area contributed by atoms with Gasteiger partial charge in [0.15, 0.2) is 0 Å². The van der Waals surface area contributed by atoms with Crippen LogP contribution in [0, 0.1) is 10.1 Å². The summed E-state index contributed by atoms with van der Waals surface area (Å²) in [6.07, 6.45) is 1.42. The smallest absolute Gasteiger partial charge is 0.288 e. The van der Waals surface area contributed by atoms with Gasteiger partial charge in [-0.1, -0.05) is 72.3 Å². The Kier molecular flexibility index (Phi) is 5.35. The van der Waals surface area contributed by atoms with Crippen LogP contribution in [0.3, 0.4) is 0 Å². The first-order valence-electron chi connectivity index (χ1n) is 9.06. The molecule has 0 aliphatic carbocycles. The number of hydrogen-bond acceptors (Lipinski definition) is 5. The van der Waals surface area contributed by atoms with Crippen molar-refractivity contribution >= 4 is 34.0 Å². The monoisotopic (exact) mass is 404 g/mol. The van der Waals surface area contributed by atoms with Gasteiger partial charge in [0.25, 0.3) is 5.69 Å². The van der Waals surface area contributed by atoms with Crippen molar-refractivity contribution < 1.29 is 4.92 Å². The summed E-state index contributed by atoms with van der Waals surface area (Å²) in [5.74, 6) is 0.622. The van der Waals surface area contributed by atoms with Gasteiger partial charge in [0.2, 0.25) is 0 Å². The average molecular weight is 405 g/mol. The zero-order valence-corrected chi connectivity index (χ0v) is 16.1. The van der Waals surface area contributed by atoms with Gasteiger partial charge in [-0.2, -0.15) is 0 Å². The molecule has 144 valence electrons. The highest BCUT2D eigenvalue weighted by Gasteiger charge is 2.18. The van der Waals surface area contributed by atoms with E-state index in [0.717, 1.165) is 0 Å². The maximum Gasteiger partial charge on any atom is 0.288 e. The molecule has 0 saturated heterocycles. The van der Waals surface area contributed by atoms with E-state index < -0.39 is 4.92 Å². The second-order valence-corrected chi connectivity index (χ2v) is 6.96. The maximum atomic E-state index is 11.3. The van der Waals surface area contributed by atoms with Crippen LogP contribution < -0.4 is 5.32 Å². The second kappa shape index (κ2) is 8.24. The van der Waals surface area contributed by atoms with E-state index in [1.807, 2.05) is 36.4 Å². The number of rotatable bonds is 6. The lowest BCUT2D eigenvalue weighted by molar-refractivity contribution is -0.384. The van der Waals surface area contributed by atoms with E-state index in [9.17, 15) is 10.1 Å². The Morgan fingerprint density at radius 3 is 2.17 bits per heavy atom. The third kappa shape index (κ3) is 4.02. The zero-order valence-electron chi connectivity index (χ0n) is 15.3. The molecule has 0 spiro atoms. The summed E-state index contributed by atoms with van der Waals surface area (Å²) in [6, 6.07) is 23.3. The summed E-state index contributed by atoms with van der Waals surface area (Å²) in [5.41, 5.74) is 2.71. The largest absolute Gasteiger partial charge is 0.369 e. The third-order valence-electron chi connectivity index (χ3n) is 4.78. The molecular weight excluding hydrogens is 388 g/mol. The molecule has 1 heterocycles. The molecule has 4 aromatic rings. The van der Waals surface area contributed by atoms with Crippen LogP contribution in [0.1, 0.15) is 17.0 Å². The Morgan fingerprint density at radius 2 is 1.59 bits per heavy atom. The standard InChI is InChI=1S/C22H17ClN4O2/c23-19-12-20-17(11-21(19)27(28)29)22(26-14-25-20)24-13-18(15-7-3-1-4-8-15)16-9-5-2-6-10-16/h1-12,14,18H,13H2,(H,24,25,26). The number of fused-ring (bicyclic) bond motifs is 1. The molecule has 0 amide bonds. The van der Waals surface area contributed by atoms with Crippen LogP contribution in [0.25, 0.3) is 10.9 Å². The van der Waals surface area contributed by atoms with Gasteiger partial charge in [-0.15, -0.1) is 0 Å². The van der Waals surface area contributed by atoms with E-state index >= 15 is 0 Å². The van der Waals surface area contributed by atoms with Crippen molar-refractivity contribution in [1.82, 2.24) is 9.97 Å². The number of benzene rings is 3. The number of nitro groups is 1. The number of nitrogens with zero attached hydrogens (tertiary/aromatic N) is 3. The topological polar surface area (TPSA) is 81.0 Å². The predicted molar refractivity (Wildman–Crippen MR) is 114 cm³/mol. The van der Waals surface area contributed by atoms with E-state index in [2.05, 4.69) is 39.6 Å². The lowest BCUT2D eigenvalue weighted by atomic mass is 9.91. The van der Waals surface area contributed by atoms with Crippen molar-refractivity contribution in [3.8, 4) is 0 Å². The lowest BCUT2D eigenvalue weighted by Crippen LogP contribution is -2.15. The van der Waals surface area contributed by atoms with Crippen molar-refractivity contribution in [2.45, 2.75) is 5.92 Å². The maximum absolute atomic E-state index is 11.3. The van der Waals surface area contributed by atoms with Crippen molar-refractivity contribution in [3.63, 3.8) is 0 Å². The molecule has 1 aromatic heterocycles. The van der Waals surface area contributed by atoms with Crippen molar-refractivity contribution in [1.29, 1.82) is 0 Å². The van der Waals surface area contributed by atoms with Crippen LogP contribution in [-0.4, -0.2) is 21.4 Å². The molecule has 7 heteroatoms.